The van der Waals surface area contributed by atoms with Gasteiger partial charge in [-0.25, -0.2) is 0 Å². The molecular formula is C37H78O6S2. The average Bonchev–Trinajstić information content (AvgIpc) is 2.98. The highest BCUT2D eigenvalue weighted by molar-refractivity contribution is 7.86. The van der Waals surface area contributed by atoms with E-state index in [-0.39, 0.29) is 11.5 Å². The third-order valence-electron chi connectivity index (χ3n) is 8.76. The molecule has 0 saturated heterocycles. The molecule has 0 amide bonds. The Morgan fingerprint density at radius 3 is 0.533 bits per heavy atom. The van der Waals surface area contributed by atoms with Crippen LogP contribution in [0.3, 0.4) is 0 Å². The van der Waals surface area contributed by atoms with Gasteiger partial charge in [0.2, 0.25) is 0 Å². The Kier molecular flexibility index (Phi) is 38.2. The Hall–Kier alpha value is -0.180. The van der Waals surface area contributed by atoms with Gasteiger partial charge in [0.1, 0.15) is 0 Å². The molecule has 0 bridgehead atoms. The standard InChI is InChI=1S/C19H40O3S.C18H38O3S/c1-2-3-4-5-6-7-8-9-10-11-12-13-14-15-16-17-18-19-23(20,21)22;1-2-3-4-5-6-7-8-9-10-11-12-13-14-15-16-17-18-22(19,20)21/h2-19H2,1H3,(H,20,21,22);2-18H2,1H3,(H,19,20,21). The summed E-state index contributed by atoms with van der Waals surface area (Å²) in [6.07, 6.45) is 42.1. The Balaban J connectivity index is 0. The predicted octanol–water partition coefficient (Wildman–Crippen LogP) is 12.7. The summed E-state index contributed by atoms with van der Waals surface area (Å²) in [6, 6.07) is 0. The van der Waals surface area contributed by atoms with Crippen LogP contribution in [0.15, 0.2) is 0 Å². The van der Waals surface area contributed by atoms with Crippen molar-refractivity contribution in [3.63, 3.8) is 0 Å². The normalized spacial score (nSPS) is 11.9. The summed E-state index contributed by atoms with van der Waals surface area (Å²) < 4.78 is 59.4. The molecule has 0 atom stereocenters. The van der Waals surface area contributed by atoms with Crippen LogP contribution in [0.5, 0.6) is 0 Å². The van der Waals surface area contributed by atoms with Crippen molar-refractivity contribution in [1.82, 2.24) is 0 Å². The lowest BCUT2D eigenvalue weighted by Gasteiger charge is -2.03. The fourth-order valence-corrected chi connectivity index (χ4v) is 6.98. The van der Waals surface area contributed by atoms with Gasteiger partial charge in [0, 0.05) is 0 Å². The molecule has 0 radical (unpaired) electrons. The highest BCUT2D eigenvalue weighted by Gasteiger charge is 2.04. The Bertz CT molecular complexity index is 768. The van der Waals surface area contributed by atoms with E-state index in [1.165, 1.54) is 173 Å². The van der Waals surface area contributed by atoms with Gasteiger partial charge >= 0.3 is 0 Å². The van der Waals surface area contributed by atoms with Crippen molar-refractivity contribution in [3.8, 4) is 0 Å². The first-order valence-corrected chi connectivity index (χ1v) is 22.7. The molecule has 8 heteroatoms. The Labute approximate surface area is 282 Å². The largest absolute Gasteiger partial charge is 0.286 e. The van der Waals surface area contributed by atoms with Gasteiger partial charge in [-0.05, 0) is 12.8 Å². The van der Waals surface area contributed by atoms with Crippen molar-refractivity contribution in [1.29, 1.82) is 0 Å². The topological polar surface area (TPSA) is 109 Å². The van der Waals surface area contributed by atoms with Crippen LogP contribution in [0.2, 0.25) is 0 Å². The highest BCUT2D eigenvalue weighted by Crippen LogP contribution is 2.15. The van der Waals surface area contributed by atoms with Gasteiger partial charge in [0.05, 0.1) is 11.5 Å². The van der Waals surface area contributed by atoms with Crippen molar-refractivity contribution in [2.75, 3.05) is 11.5 Å². The van der Waals surface area contributed by atoms with E-state index in [2.05, 4.69) is 13.8 Å². The summed E-state index contributed by atoms with van der Waals surface area (Å²) in [4.78, 5) is 0. The van der Waals surface area contributed by atoms with Gasteiger partial charge < -0.3 is 0 Å². The van der Waals surface area contributed by atoms with Crippen LogP contribution in [-0.4, -0.2) is 37.4 Å². The van der Waals surface area contributed by atoms with Crippen molar-refractivity contribution in [2.24, 2.45) is 0 Å². The van der Waals surface area contributed by atoms with Crippen LogP contribution in [0.25, 0.3) is 0 Å². The van der Waals surface area contributed by atoms with Gasteiger partial charge in [-0.3, -0.25) is 9.11 Å². The number of hydrogen-bond donors (Lipinski definition) is 2. The van der Waals surface area contributed by atoms with E-state index in [1.807, 2.05) is 0 Å². The van der Waals surface area contributed by atoms with E-state index < -0.39 is 20.2 Å². The van der Waals surface area contributed by atoms with Crippen LogP contribution >= 0.6 is 0 Å². The van der Waals surface area contributed by atoms with E-state index in [0.29, 0.717) is 12.8 Å². The molecule has 6 nitrogen and oxygen atoms in total. The average molecular weight is 683 g/mol. The molecule has 0 aromatic carbocycles. The highest BCUT2D eigenvalue weighted by atomic mass is 32.2. The zero-order valence-corrected chi connectivity index (χ0v) is 31.7. The quantitative estimate of drug-likeness (QED) is 0.0508. The van der Waals surface area contributed by atoms with Gasteiger partial charge in [-0.15, -0.1) is 0 Å². The van der Waals surface area contributed by atoms with Gasteiger partial charge in [-0.2, -0.15) is 16.8 Å². The molecule has 0 aromatic heterocycles. The lowest BCUT2D eigenvalue weighted by molar-refractivity contribution is 0.476. The fourth-order valence-electron chi connectivity index (χ4n) is 5.84. The number of rotatable bonds is 35. The van der Waals surface area contributed by atoms with Crippen molar-refractivity contribution in [2.45, 2.75) is 226 Å². The summed E-state index contributed by atoms with van der Waals surface area (Å²) in [7, 11) is -7.49. The van der Waals surface area contributed by atoms with E-state index in [4.69, 9.17) is 9.11 Å². The fraction of sp³-hybridized carbons (Fsp3) is 1.00. The summed E-state index contributed by atoms with van der Waals surface area (Å²) in [5, 5.41) is 0. The van der Waals surface area contributed by atoms with E-state index in [1.54, 1.807) is 0 Å². The molecule has 0 aliphatic heterocycles. The monoisotopic (exact) mass is 683 g/mol. The predicted molar refractivity (Wildman–Crippen MR) is 197 cm³/mol. The maximum Gasteiger partial charge on any atom is 0.264 e. The first kappa shape index (κ1) is 46.9. The second kappa shape index (κ2) is 36.7. The Morgan fingerprint density at radius 1 is 0.267 bits per heavy atom. The van der Waals surface area contributed by atoms with Crippen LogP contribution in [0.1, 0.15) is 226 Å². The molecule has 0 rings (SSSR count). The summed E-state index contributed by atoms with van der Waals surface area (Å²) >= 11 is 0. The van der Waals surface area contributed by atoms with E-state index >= 15 is 0 Å². The molecule has 0 spiro atoms. The van der Waals surface area contributed by atoms with Gasteiger partial charge in [0.25, 0.3) is 20.2 Å². The molecule has 0 heterocycles. The van der Waals surface area contributed by atoms with E-state index in [9.17, 15) is 16.8 Å². The second-order valence-electron chi connectivity index (χ2n) is 13.5. The minimum Gasteiger partial charge on any atom is -0.286 e. The first-order valence-electron chi connectivity index (χ1n) is 19.5. The van der Waals surface area contributed by atoms with Crippen molar-refractivity contribution < 1.29 is 25.9 Å². The first-order chi connectivity index (χ1) is 21.6. The lowest BCUT2D eigenvalue weighted by atomic mass is 10.0. The van der Waals surface area contributed by atoms with Gasteiger partial charge in [0.15, 0.2) is 0 Å². The molecular weight excluding hydrogens is 605 g/mol. The van der Waals surface area contributed by atoms with Crippen LogP contribution in [0.4, 0.5) is 0 Å². The minimum absolute atomic E-state index is 0.0778. The minimum atomic E-state index is -3.74. The molecule has 0 aliphatic carbocycles. The summed E-state index contributed by atoms with van der Waals surface area (Å²) in [5.74, 6) is -0.156. The maximum absolute atomic E-state index is 10.5. The third-order valence-corrected chi connectivity index (χ3v) is 10.4. The van der Waals surface area contributed by atoms with Crippen LogP contribution in [-0.2, 0) is 20.2 Å². The smallest absolute Gasteiger partial charge is 0.264 e. The number of hydrogen-bond acceptors (Lipinski definition) is 4. The lowest BCUT2D eigenvalue weighted by Crippen LogP contribution is -2.03. The van der Waals surface area contributed by atoms with Crippen LogP contribution < -0.4 is 0 Å². The molecule has 2 N–H and O–H groups in total. The Morgan fingerprint density at radius 2 is 0.400 bits per heavy atom. The molecule has 0 unspecified atom stereocenters. The zero-order valence-electron chi connectivity index (χ0n) is 30.1. The number of unbranched alkanes of at least 4 members (excludes halogenated alkanes) is 31. The third kappa shape index (κ3) is 50.9. The molecule has 0 aromatic rings. The van der Waals surface area contributed by atoms with Crippen molar-refractivity contribution in [3.05, 3.63) is 0 Å². The molecule has 0 fully saturated rings. The van der Waals surface area contributed by atoms with Gasteiger partial charge in [-0.1, -0.05) is 213 Å². The van der Waals surface area contributed by atoms with E-state index in [0.717, 1.165) is 25.7 Å². The summed E-state index contributed by atoms with van der Waals surface area (Å²) in [6.45, 7) is 4.53. The maximum atomic E-state index is 10.5. The molecule has 274 valence electrons. The SMILES string of the molecule is CCCCCCCCCCCCCCCCCCCS(=O)(=O)O.CCCCCCCCCCCCCCCCCCS(=O)(=O)O. The molecule has 0 saturated carbocycles. The summed E-state index contributed by atoms with van der Waals surface area (Å²) in [5.41, 5.74) is 0. The second-order valence-corrected chi connectivity index (χ2v) is 16.7. The zero-order chi connectivity index (χ0) is 33.7. The molecule has 0 aliphatic rings. The van der Waals surface area contributed by atoms with Crippen molar-refractivity contribution >= 4 is 20.2 Å². The molecule has 45 heavy (non-hydrogen) atoms. The van der Waals surface area contributed by atoms with Crippen LogP contribution in [0, 0.1) is 0 Å².